The first-order valence-electron chi connectivity index (χ1n) is 10.1. The second-order valence-corrected chi connectivity index (χ2v) is 7.19. The third-order valence-corrected chi connectivity index (χ3v) is 5.06. The first-order chi connectivity index (χ1) is 15.6. The number of carbonyl (C=O) groups is 1. The lowest BCUT2D eigenvalue weighted by Crippen LogP contribution is -2.26. The average Bonchev–Trinajstić information content (AvgIpc) is 3.34. The first kappa shape index (κ1) is 21.1. The zero-order chi connectivity index (χ0) is 22.5. The zero-order valence-electron chi connectivity index (χ0n) is 18.1. The Morgan fingerprint density at radius 1 is 0.938 bits per heavy atom. The third-order valence-electron chi connectivity index (χ3n) is 5.06. The van der Waals surface area contributed by atoms with E-state index in [0.717, 1.165) is 5.56 Å². The molecule has 0 aliphatic carbocycles. The van der Waals surface area contributed by atoms with Crippen LogP contribution in [0, 0.1) is 0 Å². The van der Waals surface area contributed by atoms with Crippen molar-refractivity contribution >= 4 is 5.91 Å². The summed E-state index contributed by atoms with van der Waals surface area (Å²) in [5.74, 6) is 1.70. The molecule has 1 heterocycles. The smallest absolute Gasteiger partial charge is 0.259 e. The summed E-state index contributed by atoms with van der Waals surface area (Å²) in [5.41, 5.74) is 2.84. The van der Waals surface area contributed by atoms with Gasteiger partial charge in [-0.15, -0.1) is 0 Å². The summed E-state index contributed by atoms with van der Waals surface area (Å²) in [5, 5.41) is 4.10. The predicted octanol–water partition coefficient (Wildman–Crippen LogP) is 4.69. The molecule has 1 aromatic heterocycles. The van der Waals surface area contributed by atoms with E-state index in [0.29, 0.717) is 40.6 Å². The Morgan fingerprint density at radius 2 is 1.66 bits per heavy atom. The summed E-state index contributed by atoms with van der Waals surface area (Å²) in [6.45, 7) is 0.495. The largest absolute Gasteiger partial charge is 0.493 e. The molecule has 0 saturated carbocycles. The van der Waals surface area contributed by atoms with Crippen molar-refractivity contribution in [2.75, 3.05) is 21.3 Å². The lowest BCUT2D eigenvalue weighted by atomic mass is 10.1. The van der Waals surface area contributed by atoms with E-state index < -0.39 is 0 Å². The molecule has 0 fully saturated rings. The van der Waals surface area contributed by atoms with Crippen LogP contribution in [0.25, 0.3) is 22.8 Å². The summed E-state index contributed by atoms with van der Waals surface area (Å²) in [4.78, 5) is 19.4. The number of hydrogen-bond donors (Lipinski definition) is 0. The number of rotatable bonds is 7. The topological polar surface area (TPSA) is 77.7 Å². The molecule has 0 unspecified atom stereocenters. The second kappa shape index (κ2) is 9.34. The van der Waals surface area contributed by atoms with Gasteiger partial charge in [0.15, 0.2) is 11.5 Å². The molecule has 7 nitrogen and oxygen atoms in total. The zero-order valence-corrected chi connectivity index (χ0v) is 18.1. The SMILES string of the molecule is COc1ccc(-c2noc(-c3ccccc3C(=O)N(C)Cc3ccccc3)n2)cc1OC. The highest BCUT2D eigenvalue weighted by Gasteiger charge is 2.21. The number of amides is 1. The van der Waals surface area contributed by atoms with Crippen LogP contribution in [0.1, 0.15) is 15.9 Å². The Bertz CT molecular complexity index is 1220. The van der Waals surface area contributed by atoms with E-state index in [1.807, 2.05) is 48.5 Å². The lowest BCUT2D eigenvalue weighted by Gasteiger charge is -2.18. The minimum absolute atomic E-state index is 0.129. The average molecular weight is 429 g/mol. The van der Waals surface area contributed by atoms with Crippen LogP contribution in [-0.4, -0.2) is 42.2 Å². The van der Waals surface area contributed by atoms with Gasteiger partial charge in [-0.3, -0.25) is 4.79 Å². The van der Waals surface area contributed by atoms with Gasteiger partial charge in [0.1, 0.15) is 0 Å². The van der Waals surface area contributed by atoms with Gasteiger partial charge >= 0.3 is 0 Å². The van der Waals surface area contributed by atoms with Gasteiger partial charge in [-0.1, -0.05) is 47.6 Å². The minimum atomic E-state index is -0.129. The van der Waals surface area contributed by atoms with E-state index in [9.17, 15) is 4.79 Å². The van der Waals surface area contributed by atoms with Crippen molar-refractivity contribution in [1.29, 1.82) is 0 Å². The van der Waals surface area contributed by atoms with E-state index in [1.165, 1.54) is 0 Å². The lowest BCUT2D eigenvalue weighted by molar-refractivity contribution is 0.0785. The van der Waals surface area contributed by atoms with Gasteiger partial charge in [-0.05, 0) is 35.9 Å². The maximum Gasteiger partial charge on any atom is 0.259 e. The first-order valence-corrected chi connectivity index (χ1v) is 10.1. The Kier molecular flexibility index (Phi) is 6.17. The molecule has 32 heavy (non-hydrogen) atoms. The normalized spacial score (nSPS) is 10.6. The van der Waals surface area contributed by atoms with Crippen molar-refractivity contribution in [2.45, 2.75) is 6.54 Å². The molecule has 0 aliphatic heterocycles. The number of hydrogen-bond acceptors (Lipinski definition) is 6. The van der Waals surface area contributed by atoms with Crippen molar-refractivity contribution in [3.8, 4) is 34.3 Å². The van der Waals surface area contributed by atoms with E-state index in [-0.39, 0.29) is 11.8 Å². The van der Waals surface area contributed by atoms with Crippen LogP contribution in [-0.2, 0) is 6.54 Å². The molecular weight excluding hydrogens is 406 g/mol. The molecule has 0 N–H and O–H groups in total. The number of nitrogens with zero attached hydrogens (tertiary/aromatic N) is 3. The van der Waals surface area contributed by atoms with Crippen LogP contribution >= 0.6 is 0 Å². The van der Waals surface area contributed by atoms with Crippen molar-refractivity contribution in [3.05, 3.63) is 83.9 Å². The quantitative estimate of drug-likeness (QED) is 0.424. The highest BCUT2D eigenvalue weighted by Crippen LogP contribution is 2.32. The molecule has 0 saturated heterocycles. The number of aromatic nitrogens is 2. The Hall–Kier alpha value is -4.13. The molecular formula is C25H23N3O4. The van der Waals surface area contributed by atoms with E-state index in [4.69, 9.17) is 14.0 Å². The summed E-state index contributed by atoms with van der Waals surface area (Å²) in [7, 11) is 4.92. The number of methoxy groups -OCH3 is 2. The van der Waals surface area contributed by atoms with Crippen LogP contribution in [0.15, 0.2) is 77.3 Å². The van der Waals surface area contributed by atoms with Crippen LogP contribution in [0.5, 0.6) is 11.5 Å². The fourth-order valence-corrected chi connectivity index (χ4v) is 3.42. The number of benzene rings is 3. The molecule has 0 atom stereocenters. The van der Waals surface area contributed by atoms with Crippen molar-refractivity contribution in [2.24, 2.45) is 0 Å². The van der Waals surface area contributed by atoms with Crippen LogP contribution in [0.3, 0.4) is 0 Å². The molecule has 0 bridgehead atoms. The Labute approximate surface area is 186 Å². The number of ether oxygens (including phenoxy) is 2. The Balaban J connectivity index is 1.62. The minimum Gasteiger partial charge on any atom is -0.493 e. The maximum atomic E-state index is 13.2. The fraction of sp³-hybridized carbons (Fsp3) is 0.160. The van der Waals surface area contributed by atoms with Crippen molar-refractivity contribution in [1.82, 2.24) is 15.0 Å². The molecule has 4 rings (SSSR count). The predicted molar refractivity (Wildman–Crippen MR) is 121 cm³/mol. The molecule has 3 aromatic carbocycles. The van der Waals surface area contributed by atoms with Gasteiger partial charge in [0.25, 0.3) is 11.8 Å². The summed E-state index contributed by atoms with van der Waals surface area (Å²) in [6.07, 6.45) is 0. The maximum absolute atomic E-state index is 13.2. The second-order valence-electron chi connectivity index (χ2n) is 7.19. The molecule has 0 radical (unpaired) electrons. The molecule has 7 heteroatoms. The monoisotopic (exact) mass is 429 g/mol. The molecule has 0 aliphatic rings. The summed E-state index contributed by atoms with van der Waals surface area (Å²) < 4.78 is 16.2. The Morgan fingerprint density at radius 3 is 2.41 bits per heavy atom. The highest BCUT2D eigenvalue weighted by molar-refractivity contribution is 5.99. The van der Waals surface area contributed by atoms with Gasteiger partial charge in [0, 0.05) is 19.2 Å². The third kappa shape index (κ3) is 4.32. The summed E-state index contributed by atoms with van der Waals surface area (Å²) >= 11 is 0. The van der Waals surface area contributed by atoms with Gasteiger partial charge in [0.05, 0.1) is 25.3 Å². The molecule has 162 valence electrons. The molecule has 1 amide bonds. The van der Waals surface area contributed by atoms with E-state index in [1.54, 1.807) is 50.4 Å². The van der Waals surface area contributed by atoms with Crippen molar-refractivity contribution < 1.29 is 18.8 Å². The highest BCUT2D eigenvalue weighted by atomic mass is 16.5. The van der Waals surface area contributed by atoms with Gasteiger partial charge in [-0.2, -0.15) is 4.98 Å². The summed E-state index contributed by atoms with van der Waals surface area (Å²) in [6, 6.07) is 22.4. The molecule has 4 aromatic rings. The van der Waals surface area contributed by atoms with E-state index in [2.05, 4.69) is 10.1 Å². The van der Waals surface area contributed by atoms with Gasteiger partial charge < -0.3 is 18.9 Å². The standard InChI is InChI=1S/C25H23N3O4/c1-28(16-17-9-5-4-6-10-17)25(29)20-12-8-7-11-19(20)24-26-23(27-32-24)18-13-14-21(30-2)22(15-18)31-3/h4-15H,16H2,1-3H3. The van der Waals surface area contributed by atoms with Crippen LogP contribution in [0.2, 0.25) is 0 Å². The van der Waals surface area contributed by atoms with Crippen LogP contribution in [0.4, 0.5) is 0 Å². The molecule has 0 spiro atoms. The fourth-order valence-electron chi connectivity index (χ4n) is 3.42. The van der Waals surface area contributed by atoms with Gasteiger partial charge in [-0.25, -0.2) is 0 Å². The number of carbonyl (C=O) groups excluding carboxylic acids is 1. The van der Waals surface area contributed by atoms with Crippen molar-refractivity contribution in [3.63, 3.8) is 0 Å². The van der Waals surface area contributed by atoms with Gasteiger partial charge in [0.2, 0.25) is 5.82 Å². The van der Waals surface area contributed by atoms with Crippen LogP contribution < -0.4 is 9.47 Å². The van der Waals surface area contributed by atoms with E-state index >= 15 is 0 Å².